The van der Waals surface area contributed by atoms with E-state index < -0.39 is 11.9 Å². The lowest BCUT2D eigenvalue weighted by Crippen LogP contribution is -2.44. The van der Waals surface area contributed by atoms with E-state index in [-0.39, 0.29) is 11.7 Å². The van der Waals surface area contributed by atoms with E-state index >= 15 is 0 Å². The first kappa shape index (κ1) is 12.0. The van der Waals surface area contributed by atoms with Crippen LogP contribution in [0.25, 0.3) is 0 Å². The van der Waals surface area contributed by atoms with Gasteiger partial charge >= 0.3 is 0 Å². The molecule has 1 atom stereocenters. The molecule has 0 spiro atoms. The molecule has 0 aliphatic carbocycles. The summed E-state index contributed by atoms with van der Waals surface area (Å²) >= 11 is 0. The van der Waals surface area contributed by atoms with Crippen molar-refractivity contribution < 1.29 is 14.7 Å². The Kier molecular flexibility index (Phi) is 3.88. The molecule has 5 heteroatoms. The SMILES string of the molecule is CC(=O)N[C@@H](Cc1ccc(O)cc1)C(N)=O. The summed E-state index contributed by atoms with van der Waals surface area (Å²) in [5, 5.41) is 11.6. The van der Waals surface area contributed by atoms with E-state index in [9.17, 15) is 9.59 Å². The van der Waals surface area contributed by atoms with Crippen LogP contribution in [0.1, 0.15) is 12.5 Å². The van der Waals surface area contributed by atoms with Gasteiger partial charge in [-0.15, -0.1) is 0 Å². The van der Waals surface area contributed by atoms with Crippen molar-refractivity contribution in [2.75, 3.05) is 0 Å². The molecule has 1 aromatic rings. The van der Waals surface area contributed by atoms with Crippen molar-refractivity contribution in [3.05, 3.63) is 29.8 Å². The molecule has 0 heterocycles. The molecule has 0 saturated heterocycles. The molecule has 2 amide bonds. The number of amides is 2. The summed E-state index contributed by atoms with van der Waals surface area (Å²) < 4.78 is 0. The highest BCUT2D eigenvalue weighted by Crippen LogP contribution is 2.11. The highest BCUT2D eigenvalue weighted by molar-refractivity contribution is 5.85. The summed E-state index contributed by atoms with van der Waals surface area (Å²) in [4.78, 5) is 21.9. The van der Waals surface area contributed by atoms with Crippen LogP contribution in [0.2, 0.25) is 0 Å². The lowest BCUT2D eigenvalue weighted by atomic mass is 10.1. The number of phenolic OH excluding ortho intramolecular Hbond substituents is 1. The summed E-state index contributed by atoms with van der Waals surface area (Å²) in [6.07, 6.45) is 0.315. The average Bonchev–Trinajstić information content (AvgIpc) is 2.19. The molecule has 0 aliphatic heterocycles. The number of nitrogens with one attached hydrogen (secondary N) is 1. The van der Waals surface area contributed by atoms with Crippen LogP contribution in [0.15, 0.2) is 24.3 Å². The molecule has 0 saturated carbocycles. The Balaban J connectivity index is 2.71. The summed E-state index contributed by atoms with van der Waals surface area (Å²) in [7, 11) is 0. The third-order valence-corrected chi connectivity index (χ3v) is 2.10. The minimum atomic E-state index is -0.720. The average molecular weight is 222 g/mol. The molecule has 16 heavy (non-hydrogen) atoms. The molecule has 1 rings (SSSR count). The molecular formula is C11H14N2O3. The summed E-state index contributed by atoms with van der Waals surface area (Å²) in [6, 6.07) is 5.66. The first-order chi connectivity index (χ1) is 7.49. The minimum absolute atomic E-state index is 0.152. The van der Waals surface area contributed by atoms with Crippen molar-refractivity contribution in [3.63, 3.8) is 0 Å². The van der Waals surface area contributed by atoms with Gasteiger partial charge in [-0.05, 0) is 17.7 Å². The molecule has 0 aromatic heterocycles. The standard InChI is InChI=1S/C11H14N2O3/c1-7(14)13-10(11(12)16)6-8-2-4-9(15)5-3-8/h2-5,10,15H,6H2,1H3,(H2,12,16)(H,13,14)/t10-/m0/s1. The second kappa shape index (κ2) is 5.16. The smallest absolute Gasteiger partial charge is 0.240 e. The van der Waals surface area contributed by atoms with E-state index in [0.717, 1.165) is 5.56 Å². The minimum Gasteiger partial charge on any atom is -0.508 e. The maximum Gasteiger partial charge on any atom is 0.240 e. The first-order valence-corrected chi connectivity index (χ1v) is 4.83. The molecule has 0 aliphatic rings. The molecular weight excluding hydrogens is 208 g/mol. The number of benzene rings is 1. The number of primary amides is 1. The number of carbonyl (C=O) groups is 2. The van der Waals surface area contributed by atoms with Crippen LogP contribution in [0, 0.1) is 0 Å². The van der Waals surface area contributed by atoms with Gasteiger partial charge in [-0.25, -0.2) is 0 Å². The van der Waals surface area contributed by atoms with Gasteiger partial charge in [-0.1, -0.05) is 12.1 Å². The van der Waals surface area contributed by atoms with Crippen LogP contribution in [0.3, 0.4) is 0 Å². The Morgan fingerprint density at radius 3 is 2.38 bits per heavy atom. The van der Waals surface area contributed by atoms with E-state index in [2.05, 4.69) is 5.32 Å². The van der Waals surface area contributed by atoms with Gasteiger partial charge in [-0.2, -0.15) is 0 Å². The zero-order chi connectivity index (χ0) is 12.1. The van der Waals surface area contributed by atoms with Crippen LogP contribution in [0.4, 0.5) is 0 Å². The zero-order valence-electron chi connectivity index (χ0n) is 8.93. The highest BCUT2D eigenvalue weighted by Gasteiger charge is 2.16. The Labute approximate surface area is 93.3 Å². The van der Waals surface area contributed by atoms with Gasteiger partial charge in [0.25, 0.3) is 0 Å². The fourth-order valence-electron chi connectivity index (χ4n) is 1.34. The number of nitrogens with two attached hydrogens (primary N) is 1. The van der Waals surface area contributed by atoms with Crippen LogP contribution in [-0.4, -0.2) is 23.0 Å². The molecule has 0 bridgehead atoms. The maximum atomic E-state index is 11.1. The molecule has 5 nitrogen and oxygen atoms in total. The number of hydrogen-bond acceptors (Lipinski definition) is 3. The van der Waals surface area contributed by atoms with E-state index in [1.165, 1.54) is 19.1 Å². The van der Waals surface area contributed by atoms with Gasteiger partial charge < -0.3 is 16.2 Å². The molecule has 0 fully saturated rings. The second-order valence-corrected chi connectivity index (χ2v) is 3.53. The van der Waals surface area contributed by atoms with Crippen LogP contribution < -0.4 is 11.1 Å². The first-order valence-electron chi connectivity index (χ1n) is 4.83. The van der Waals surface area contributed by atoms with E-state index in [1.807, 2.05) is 0 Å². The Morgan fingerprint density at radius 2 is 1.94 bits per heavy atom. The Hall–Kier alpha value is -2.04. The van der Waals surface area contributed by atoms with Crippen LogP contribution >= 0.6 is 0 Å². The monoisotopic (exact) mass is 222 g/mol. The normalized spacial score (nSPS) is 11.8. The quantitative estimate of drug-likeness (QED) is 0.665. The second-order valence-electron chi connectivity index (χ2n) is 3.53. The third-order valence-electron chi connectivity index (χ3n) is 2.10. The fraction of sp³-hybridized carbons (Fsp3) is 0.273. The van der Waals surface area contributed by atoms with E-state index in [4.69, 9.17) is 10.8 Å². The van der Waals surface area contributed by atoms with Crippen molar-refractivity contribution in [1.82, 2.24) is 5.32 Å². The number of phenols is 1. The molecule has 4 N–H and O–H groups in total. The zero-order valence-corrected chi connectivity index (χ0v) is 8.93. The number of carbonyl (C=O) groups excluding carboxylic acids is 2. The number of rotatable bonds is 4. The lowest BCUT2D eigenvalue weighted by molar-refractivity contribution is -0.126. The summed E-state index contributed by atoms with van der Waals surface area (Å²) in [5.41, 5.74) is 5.97. The summed E-state index contributed by atoms with van der Waals surface area (Å²) in [6.45, 7) is 1.33. The van der Waals surface area contributed by atoms with Crippen molar-refractivity contribution in [1.29, 1.82) is 0 Å². The lowest BCUT2D eigenvalue weighted by Gasteiger charge is -2.14. The van der Waals surface area contributed by atoms with E-state index in [0.29, 0.717) is 6.42 Å². The predicted octanol–water partition coefficient (Wildman–Crippen LogP) is -0.0753. The highest BCUT2D eigenvalue weighted by atomic mass is 16.3. The van der Waals surface area contributed by atoms with Gasteiger partial charge in [-0.3, -0.25) is 9.59 Å². The Morgan fingerprint density at radius 1 is 1.38 bits per heavy atom. The largest absolute Gasteiger partial charge is 0.508 e. The molecule has 0 radical (unpaired) electrons. The van der Waals surface area contributed by atoms with E-state index in [1.54, 1.807) is 12.1 Å². The number of hydrogen-bond donors (Lipinski definition) is 3. The van der Waals surface area contributed by atoms with Crippen molar-refractivity contribution in [2.45, 2.75) is 19.4 Å². The van der Waals surface area contributed by atoms with Gasteiger partial charge in [0.05, 0.1) is 0 Å². The van der Waals surface area contributed by atoms with Crippen molar-refractivity contribution in [2.24, 2.45) is 5.73 Å². The number of aromatic hydroxyl groups is 1. The van der Waals surface area contributed by atoms with Crippen LogP contribution in [-0.2, 0) is 16.0 Å². The van der Waals surface area contributed by atoms with Crippen molar-refractivity contribution >= 4 is 11.8 Å². The molecule has 1 aromatic carbocycles. The Bertz CT molecular complexity index is 387. The fourth-order valence-corrected chi connectivity index (χ4v) is 1.34. The molecule has 86 valence electrons. The topological polar surface area (TPSA) is 92.4 Å². The third kappa shape index (κ3) is 3.61. The van der Waals surface area contributed by atoms with Crippen molar-refractivity contribution in [3.8, 4) is 5.75 Å². The van der Waals surface area contributed by atoms with Gasteiger partial charge in [0.15, 0.2) is 0 Å². The summed E-state index contributed by atoms with van der Waals surface area (Å²) in [5.74, 6) is -0.732. The maximum absolute atomic E-state index is 11.1. The predicted molar refractivity (Wildman–Crippen MR) is 58.6 cm³/mol. The van der Waals surface area contributed by atoms with Gasteiger partial charge in [0.1, 0.15) is 11.8 Å². The van der Waals surface area contributed by atoms with Gasteiger partial charge in [0, 0.05) is 13.3 Å². The van der Waals surface area contributed by atoms with Gasteiger partial charge in [0.2, 0.25) is 11.8 Å². The molecule has 0 unspecified atom stereocenters. The van der Waals surface area contributed by atoms with Crippen LogP contribution in [0.5, 0.6) is 5.75 Å².